The fourth-order valence-electron chi connectivity index (χ4n) is 3.23. The molecule has 6 heteroatoms. The number of imide groups is 1. The van der Waals surface area contributed by atoms with Gasteiger partial charge >= 0.3 is 6.03 Å². The number of rotatable bonds is 4. The van der Waals surface area contributed by atoms with Crippen LogP contribution in [0.4, 0.5) is 4.79 Å². The van der Waals surface area contributed by atoms with Gasteiger partial charge in [0.2, 0.25) is 0 Å². The molecule has 3 rings (SSSR count). The lowest BCUT2D eigenvalue weighted by Crippen LogP contribution is -2.41. The van der Waals surface area contributed by atoms with Gasteiger partial charge in [0.15, 0.2) is 0 Å². The maximum atomic E-state index is 12.6. The number of amides is 3. The molecule has 2 fully saturated rings. The lowest BCUT2D eigenvalue weighted by atomic mass is 9.94. The molecule has 1 aliphatic carbocycles. The summed E-state index contributed by atoms with van der Waals surface area (Å²) in [5, 5.41) is 2.69. The number of nitrogens with one attached hydrogen (secondary N) is 1. The van der Waals surface area contributed by atoms with Gasteiger partial charge < -0.3 is 10.1 Å². The summed E-state index contributed by atoms with van der Waals surface area (Å²) in [6, 6.07) is 5.09. The Balaban J connectivity index is 1.77. The molecule has 1 saturated carbocycles. The van der Waals surface area contributed by atoms with Crippen LogP contribution in [0.3, 0.4) is 0 Å². The summed E-state index contributed by atoms with van der Waals surface area (Å²) in [6.07, 6.45) is 11.9. The van der Waals surface area contributed by atoms with E-state index in [2.05, 4.69) is 27.2 Å². The van der Waals surface area contributed by atoms with Gasteiger partial charge in [0.1, 0.15) is 18.1 Å². The Labute approximate surface area is 155 Å². The minimum Gasteiger partial charge on any atom is -0.480 e. The van der Waals surface area contributed by atoms with E-state index in [0.29, 0.717) is 11.4 Å². The minimum atomic E-state index is -0.323. The van der Waals surface area contributed by atoms with Crippen molar-refractivity contribution >= 4 is 33.9 Å². The Kier molecular flexibility index (Phi) is 5.44. The monoisotopic (exact) mass is 402 g/mol. The van der Waals surface area contributed by atoms with E-state index in [1.54, 1.807) is 12.1 Å². The average Bonchev–Trinajstić information content (AvgIpc) is 2.88. The van der Waals surface area contributed by atoms with Crippen LogP contribution in [-0.2, 0) is 4.79 Å². The third kappa shape index (κ3) is 3.88. The van der Waals surface area contributed by atoms with Gasteiger partial charge in [0.05, 0.1) is 4.47 Å². The van der Waals surface area contributed by atoms with Gasteiger partial charge in [-0.2, -0.15) is 0 Å². The number of benzene rings is 1. The first-order valence-corrected chi connectivity index (χ1v) is 9.11. The second-order valence-electron chi connectivity index (χ2n) is 6.14. The Hall–Kier alpha value is -2.26. The maximum absolute atomic E-state index is 12.6. The van der Waals surface area contributed by atoms with Crippen molar-refractivity contribution in [3.63, 3.8) is 0 Å². The highest BCUT2D eigenvalue weighted by Gasteiger charge is 2.38. The normalized spacial score (nSPS) is 19.8. The quantitative estimate of drug-likeness (QED) is 0.474. The largest absolute Gasteiger partial charge is 0.480 e. The number of carbonyl (C=O) groups excluding carboxylic acids is 2. The van der Waals surface area contributed by atoms with E-state index < -0.39 is 0 Å². The first kappa shape index (κ1) is 17.6. The fraction of sp³-hybridized carbons (Fsp3) is 0.368. The summed E-state index contributed by atoms with van der Waals surface area (Å²) in [4.78, 5) is 26.2. The topological polar surface area (TPSA) is 58.6 Å². The maximum Gasteiger partial charge on any atom is 0.329 e. The molecular formula is C19H19BrN2O3. The predicted octanol–water partition coefficient (Wildman–Crippen LogP) is 3.69. The summed E-state index contributed by atoms with van der Waals surface area (Å²) in [5.74, 6) is 2.79. The second-order valence-corrected chi connectivity index (χ2v) is 6.99. The minimum absolute atomic E-state index is 0.0124. The van der Waals surface area contributed by atoms with Crippen molar-refractivity contribution in [1.82, 2.24) is 10.2 Å². The van der Waals surface area contributed by atoms with Crippen molar-refractivity contribution in [2.24, 2.45) is 0 Å². The van der Waals surface area contributed by atoms with Crippen molar-refractivity contribution in [2.45, 2.75) is 38.1 Å². The van der Waals surface area contributed by atoms with Gasteiger partial charge in [-0.3, -0.25) is 9.69 Å². The molecule has 25 heavy (non-hydrogen) atoms. The van der Waals surface area contributed by atoms with Crippen molar-refractivity contribution < 1.29 is 14.3 Å². The van der Waals surface area contributed by atoms with Gasteiger partial charge in [0, 0.05) is 6.04 Å². The lowest BCUT2D eigenvalue weighted by Gasteiger charge is -2.28. The fourth-order valence-corrected chi connectivity index (χ4v) is 3.74. The first-order chi connectivity index (χ1) is 12.1. The van der Waals surface area contributed by atoms with Crippen LogP contribution in [0.1, 0.15) is 37.7 Å². The number of carbonyl (C=O) groups is 2. The van der Waals surface area contributed by atoms with E-state index in [1.807, 2.05) is 12.1 Å². The molecule has 3 amide bonds. The Morgan fingerprint density at radius 2 is 2.08 bits per heavy atom. The summed E-state index contributed by atoms with van der Waals surface area (Å²) >= 11 is 3.42. The van der Waals surface area contributed by atoms with Gasteiger partial charge in [-0.15, -0.1) is 6.42 Å². The van der Waals surface area contributed by atoms with Crippen LogP contribution in [-0.4, -0.2) is 29.5 Å². The standard InChI is InChI=1S/C19H19BrN2O3/c1-2-10-25-17-9-8-13(11-15(17)20)12-16-18(23)22(19(24)21-16)14-6-4-3-5-7-14/h1,8-9,11-12,14H,3-7,10H2,(H,21,24)/b16-12-. The van der Waals surface area contributed by atoms with Crippen molar-refractivity contribution in [3.8, 4) is 18.1 Å². The van der Waals surface area contributed by atoms with Crippen LogP contribution in [0.5, 0.6) is 5.75 Å². The molecule has 0 radical (unpaired) electrons. The second kappa shape index (κ2) is 7.75. The van der Waals surface area contributed by atoms with Gasteiger partial charge in [0.25, 0.3) is 5.91 Å². The molecule has 0 atom stereocenters. The zero-order chi connectivity index (χ0) is 17.8. The van der Waals surface area contributed by atoms with E-state index >= 15 is 0 Å². The molecule has 1 heterocycles. The van der Waals surface area contributed by atoms with Crippen molar-refractivity contribution in [2.75, 3.05) is 6.61 Å². The summed E-state index contributed by atoms with van der Waals surface area (Å²) in [5.41, 5.74) is 1.09. The molecule has 1 aromatic rings. The summed E-state index contributed by atoms with van der Waals surface area (Å²) in [6.45, 7) is 0.184. The van der Waals surface area contributed by atoms with E-state index in [1.165, 1.54) is 11.3 Å². The number of hydrogen-bond acceptors (Lipinski definition) is 3. The highest BCUT2D eigenvalue weighted by atomic mass is 79.9. The molecular weight excluding hydrogens is 384 g/mol. The number of terminal acetylenes is 1. The highest BCUT2D eigenvalue weighted by molar-refractivity contribution is 9.10. The van der Waals surface area contributed by atoms with Crippen LogP contribution < -0.4 is 10.1 Å². The van der Waals surface area contributed by atoms with Crippen molar-refractivity contribution in [1.29, 1.82) is 0 Å². The third-order valence-electron chi connectivity index (χ3n) is 4.43. The van der Waals surface area contributed by atoms with E-state index in [4.69, 9.17) is 11.2 Å². The molecule has 1 N–H and O–H groups in total. The first-order valence-electron chi connectivity index (χ1n) is 8.32. The van der Waals surface area contributed by atoms with Crippen molar-refractivity contribution in [3.05, 3.63) is 33.9 Å². The van der Waals surface area contributed by atoms with Crippen LogP contribution in [0, 0.1) is 12.3 Å². The van der Waals surface area contributed by atoms with Crippen LogP contribution in [0.15, 0.2) is 28.4 Å². The molecule has 0 spiro atoms. The molecule has 5 nitrogen and oxygen atoms in total. The molecule has 1 aliphatic heterocycles. The van der Waals surface area contributed by atoms with Gasteiger partial charge in [-0.25, -0.2) is 4.79 Å². The number of ether oxygens (including phenoxy) is 1. The van der Waals surface area contributed by atoms with Crippen LogP contribution >= 0.6 is 15.9 Å². The molecule has 1 saturated heterocycles. The van der Waals surface area contributed by atoms with Gasteiger partial charge in [-0.1, -0.05) is 31.2 Å². The van der Waals surface area contributed by atoms with E-state index in [9.17, 15) is 9.59 Å². The summed E-state index contributed by atoms with van der Waals surface area (Å²) < 4.78 is 6.13. The highest BCUT2D eigenvalue weighted by Crippen LogP contribution is 2.29. The predicted molar refractivity (Wildman–Crippen MR) is 98.7 cm³/mol. The Morgan fingerprint density at radius 3 is 2.76 bits per heavy atom. The van der Waals surface area contributed by atoms with Gasteiger partial charge in [-0.05, 0) is 52.5 Å². The number of hydrogen-bond donors (Lipinski definition) is 1. The Bertz CT molecular complexity index is 760. The zero-order valence-corrected chi connectivity index (χ0v) is 15.3. The molecule has 0 unspecified atom stereocenters. The molecule has 2 aliphatic rings. The van der Waals surface area contributed by atoms with E-state index in [-0.39, 0.29) is 24.6 Å². The molecule has 130 valence electrons. The number of urea groups is 1. The molecule has 1 aromatic carbocycles. The Morgan fingerprint density at radius 1 is 1.32 bits per heavy atom. The lowest BCUT2D eigenvalue weighted by molar-refractivity contribution is -0.124. The van der Waals surface area contributed by atoms with Crippen LogP contribution in [0.25, 0.3) is 6.08 Å². The third-order valence-corrected chi connectivity index (χ3v) is 5.05. The van der Waals surface area contributed by atoms with E-state index in [0.717, 1.165) is 35.7 Å². The SMILES string of the molecule is C#CCOc1ccc(/C=C2\NC(=O)N(C3CCCCC3)C2=O)cc1Br. The number of halogens is 1. The molecule has 0 aromatic heterocycles. The zero-order valence-electron chi connectivity index (χ0n) is 13.8. The smallest absolute Gasteiger partial charge is 0.329 e. The number of nitrogens with zero attached hydrogens (tertiary/aromatic N) is 1. The molecule has 0 bridgehead atoms. The summed E-state index contributed by atoms with van der Waals surface area (Å²) in [7, 11) is 0. The average molecular weight is 403 g/mol. The van der Waals surface area contributed by atoms with Crippen LogP contribution in [0.2, 0.25) is 0 Å².